The maximum Gasteiger partial charge on any atom is 0.152 e. The highest BCUT2D eigenvalue weighted by atomic mass is 32.2. The second-order valence-corrected chi connectivity index (χ2v) is 8.31. The highest BCUT2D eigenvalue weighted by Gasteiger charge is 2.14. The summed E-state index contributed by atoms with van der Waals surface area (Å²) in [5.41, 5.74) is 0.153. The Hall–Kier alpha value is -0.970. The number of sulfone groups is 1. The third-order valence-corrected chi connectivity index (χ3v) is 5.93. The lowest BCUT2D eigenvalue weighted by atomic mass is 10.0. The normalized spacial score (nSPS) is 12.0. The molecular formula is C16H24F2O2S. The van der Waals surface area contributed by atoms with Crippen molar-refractivity contribution >= 4 is 9.84 Å². The Morgan fingerprint density at radius 3 is 2.05 bits per heavy atom. The Kier molecular flexibility index (Phi) is 7.29. The van der Waals surface area contributed by atoms with E-state index in [1.807, 2.05) is 0 Å². The molecule has 0 N–H and O–H groups in total. The predicted octanol–water partition coefficient (Wildman–Crippen LogP) is 4.28. The van der Waals surface area contributed by atoms with Gasteiger partial charge in [0, 0.05) is 5.56 Å². The fraction of sp³-hybridized carbons (Fsp3) is 0.625. The Bertz CT molecular complexity index is 519. The Labute approximate surface area is 126 Å². The number of hydrogen-bond donors (Lipinski definition) is 0. The summed E-state index contributed by atoms with van der Waals surface area (Å²) in [6.07, 6.45) is 4.36. The summed E-state index contributed by atoms with van der Waals surface area (Å²) in [6, 6.07) is 3.91. The van der Waals surface area contributed by atoms with E-state index in [0.717, 1.165) is 25.7 Å². The van der Waals surface area contributed by atoms with Gasteiger partial charge < -0.3 is 0 Å². The van der Waals surface area contributed by atoms with Crippen LogP contribution in [0.1, 0.15) is 51.5 Å². The Balaban J connectivity index is 2.19. The molecule has 0 bridgehead atoms. The number of benzene rings is 1. The molecule has 0 amide bonds. The van der Waals surface area contributed by atoms with Gasteiger partial charge in [0.15, 0.2) is 9.84 Å². The SMILES string of the molecule is CC(C)S(=O)(=O)CCCCCCCc1c(F)cccc1F. The molecule has 0 unspecified atom stereocenters. The molecule has 0 spiro atoms. The molecule has 0 heterocycles. The van der Waals surface area contributed by atoms with Crippen LogP contribution in [0.2, 0.25) is 0 Å². The van der Waals surface area contributed by atoms with Gasteiger partial charge in [-0.3, -0.25) is 0 Å². The van der Waals surface area contributed by atoms with Gasteiger partial charge in [-0.05, 0) is 45.2 Å². The lowest BCUT2D eigenvalue weighted by molar-refractivity contribution is 0.539. The molecule has 0 saturated carbocycles. The monoisotopic (exact) mass is 318 g/mol. The van der Waals surface area contributed by atoms with Crippen LogP contribution < -0.4 is 0 Å². The van der Waals surface area contributed by atoms with Gasteiger partial charge in [0.2, 0.25) is 0 Å². The van der Waals surface area contributed by atoms with Crippen molar-refractivity contribution in [2.24, 2.45) is 0 Å². The van der Waals surface area contributed by atoms with E-state index in [4.69, 9.17) is 0 Å². The van der Waals surface area contributed by atoms with Crippen molar-refractivity contribution in [1.29, 1.82) is 0 Å². The molecule has 0 atom stereocenters. The van der Waals surface area contributed by atoms with Gasteiger partial charge in [-0.2, -0.15) is 0 Å². The lowest BCUT2D eigenvalue weighted by Crippen LogP contribution is -2.17. The summed E-state index contributed by atoms with van der Waals surface area (Å²) in [7, 11) is -2.94. The van der Waals surface area contributed by atoms with Crippen LogP contribution in [0.5, 0.6) is 0 Å². The molecule has 0 aliphatic carbocycles. The van der Waals surface area contributed by atoms with Crippen molar-refractivity contribution in [2.75, 3.05) is 5.75 Å². The Morgan fingerprint density at radius 2 is 1.48 bits per heavy atom. The molecule has 0 aliphatic heterocycles. The molecule has 0 saturated heterocycles. The van der Waals surface area contributed by atoms with E-state index in [-0.39, 0.29) is 16.6 Å². The zero-order valence-corrected chi connectivity index (χ0v) is 13.6. The molecule has 0 radical (unpaired) electrons. The average molecular weight is 318 g/mol. The Morgan fingerprint density at radius 1 is 0.952 bits per heavy atom. The van der Waals surface area contributed by atoms with Crippen molar-refractivity contribution in [2.45, 2.75) is 57.6 Å². The molecule has 5 heteroatoms. The van der Waals surface area contributed by atoms with E-state index in [1.165, 1.54) is 18.2 Å². The van der Waals surface area contributed by atoms with Crippen LogP contribution in [0.4, 0.5) is 8.78 Å². The van der Waals surface area contributed by atoms with Crippen LogP contribution in [0, 0.1) is 11.6 Å². The van der Waals surface area contributed by atoms with Crippen LogP contribution in [0.15, 0.2) is 18.2 Å². The van der Waals surface area contributed by atoms with Crippen LogP contribution in [0.3, 0.4) is 0 Å². The summed E-state index contributed by atoms with van der Waals surface area (Å²) in [5, 5.41) is -0.318. The minimum Gasteiger partial charge on any atom is -0.229 e. The minimum atomic E-state index is -2.94. The van der Waals surface area contributed by atoms with Crippen LogP contribution in [-0.4, -0.2) is 19.4 Å². The predicted molar refractivity (Wildman–Crippen MR) is 82.1 cm³/mol. The van der Waals surface area contributed by atoms with Gasteiger partial charge in [0.1, 0.15) is 11.6 Å². The topological polar surface area (TPSA) is 34.1 Å². The summed E-state index contributed by atoms with van der Waals surface area (Å²) in [5.74, 6) is -0.747. The highest BCUT2D eigenvalue weighted by Crippen LogP contribution is 2.16. The van der Waals surface area contributed by atoms with E-state index in [1.54, 1.807) is 13.8 Å². The first-order valence-electron chi connectivity index (χ1n) is 7.49. The maximum absolute atomic E-state index is 13.4. The van der Waals surface area contributed by atoms with E-state index < -0.39 is 21.5 Å². The molecule has 1 rings (SSSR count). The van der Waals surface area contributed by atoms with Crippen molar-refractivity contribution in [3.63, 3.8) is 0 Å². The standard InChI is InChI=1S/C16H24F2O2S/c1-13(2)21(19,20)12-7-5-3-4-6-9-14-15(17)10-8-11-16(14)18/h8,10-11,13H,3-7,9,12H2,1-2H3. The zero-order valence-electron chi connectivity index (χ0n) is 12.7. The molecular weight excluding hydrogens is 294 g/mol. The molecule has 1 aromatic rings. The van der Waals surface area contributed by atoms with Crippen molar-refractivity contribution in [3.8, 4) is 0 Å². The minimum absolute atomic E-state index is 0.153. The van der Waals surface area contributed by atoms with Gasteiger partial charge >= 0.3 is 0 Å². The molecule has 2 nitrogen and oxygen atoms in total. The quantitative estimate of drug-likeness (QED) is 0.637. The van der Waals surface area contributed by atoms with Gasteiger partial charge in [-0.1, -0.05) is 25.3 Å². The van der Waals surface area contributed by atoms with Crippen LogP contribution >= 0.6 is 0 Å². The third-order valence-electron chi connectivity index (χ3n) is 3.64. The average Bonchev–Trinajstić information content (AvgIpc) is 2.40. The first-order chi connectivity index (χ1) is 9.84. The number of unbranched alkanes of at least 4 members (excludes halogenated alkanes) is 4. The third kappa shape index (κ3) is 6.12. The second kappa shape index (κ2) is 8.47. The fourth-order valence-corrected chi connectivity index (χ4v) is 3.22. The molecule has 1 aromatic carbocycles. The molecule has 120 valence electrons. The first-order valence-corrected chi connectivity index (χ1v) is 9.20. The van der Waals surface area contributed by atoms with Gasteiger partial charge in [0.25, 0.3) is 0 Å². The van der Waals surface area contributed by atoms with Crippen LogP contribution in [0.25, 0.3) is 0 Å². The second-order valence-electron chi connectivity index (χ2n) is 5.63. The zero-order chi connectivity index (χ0) is 15.9. The summed E-state index contributed by atoms with van der Waals surface area (Å²) in [6.45, 7) is 3.39. The fourth-order valence-electron chi connectivity index (χ4n) is 2.14. The van der Waals surface area contributed by atoms with E-state index in [0.29, 0.717) is 12.8 Å². The van der Waals surface area contributed by atoms with Gasteiger partial charge in [-0.15, -0.1) is 0 Å². The highest BCUT2D eigenvalue weighted by molar-refractivity contribution is 7.91. The lowest BCUT2D eigenvalue weighted by Gasteiger charge is -2.07. The first kappa shape index (κ1) is 18.1. The maximum atomic E-state index is 13.4. The molecule has 0 aliphatic rings. The number of hydrogen-bond acceptors (Lipinski definition) is 2. The number of rotatable bonds is 9. The van der Waals surface area contributed by atoms with Crippen molar-refractivity contribution in [3.05, 3.63) is 35.4 Å². The largest absolute Gasteiger partial charge is 0.229 e. The summed E-state index contributed by atoms with van der Waals surface area (Å²) < 4.78 is 50.0. The van der Waals surface area contributed by atoms with E-state index >= 15 is 0 Å². The van der Waals surface area contributed by atoms with E-state index in [2.05, 4.69) is 0 Å². The summed E-state index contributed by atoms with van der Waals surface area (Å²) >= 11 is 0. The smallest absolute Gasteiger partial charge is 0.152 e. The van der Waals surface area contributed by atoms with Gasteiger partial charge in [-0.25, -0.2) is 17.2 Å². The van der Waals surface area contributed by atoms with Crippen LogP contribution in [-0.2, 0) is 16.3 Å². The molecule has 21 heavy (non-hydrogen) atoms. The van der Waals surface area contributed by atoms with Gasteiger partial charge in [0.05, 0.1) is 11.0 Å². The summed E-state index contributed by atoms with van der Waals surface area (Å²) in [4.78, 5) is 0. The van der Waals surface area contributed by atoms with Crippen molar-refractivity contribution in [1.82, 2.24) is 0 Å². The van der Waals surface area contributed by atoms with E-state index in [9.17, 15) is 17.2 Å². The van der Waals surface area contributed by atoms with Crippen molar-refractivity contribution < 1.29 is 17.2 Å². The molecule has 0 aromatic heterocycles. The molecule has 0 fully saturated rings. The number of halogens is 2.